The van der Waals surface area contributed by atoms with Crippen molar-refractivity contribution in [1.29, 1.82) is 0 Å². The molecule has 158 valence electrons. The van der Waals surface area contributed by atoms with Crippen LogP contribution in [0.4, 0.5) is 14.5 Å². The number of alkyl halides is 2. The van der Waals surface area contributed by atoms with Crippen LogP contribution in [0.5, 0.6) is 0 Å². The fourth-order valence-electron chi connectivity index (χ4n) is 4.08. The van der Waals surface area contributed by atoms with Gasteiger partial charge in [-0.15, -0.1) is 0 Å². The highest BCUT2D eigenvalue weighted by Crippen LogP contribution is 2.50. The Morgan fingerprint density at radius 3 is 2.74 bits per heavy atom. The quantitative estimate of drug-likeness (QED) is 0.400. The van der Waals surface area contributed by atoms with Crippen molar-refractivity contribution in [2.24, 2.45) is 0 Å². The molecule has 5 rings (SSSR count). The predicted molar refractivity (Wildman–Crippen MR) is 117 cm³/mol. The van der Waals surface area contributed by atoms with Crippen molar-refractivity contribution in [3.63, 3.8) is 0 Å². The third-order valence-electron chi connectivity index (χ3n) is 5.69. The van der Waals surface area contributed by atoms with E-state index in [0.717, 1.165) is 39.0 Å². The van der Waals surface area contributed by atoms with E-state index in [1.165, 1.54) is 6.92 Å². The second-order valence-corrected chi connectivity index (χ2v) is 8.39. The maximum Gasteiger partial charge on any atom is 0.249 e. The number of nitrogens with zero attached hydrogens (tertiary/aromatic N) is 2. The van der Waals surface area contributed by atoms with Crippen LogP contribution in [0.25, 0.3) is 27.7 Å². The first-order chi connectivity index (χ1) is 14.8. The number of halogens is 3. The lowest BCUT2D eigenvalue weighted by molar-refractivity contribution is -0.114. The first kappa shape index (κ1) is 19.8. The van der Waals surface area contributed by atoms with Crippen LogP contribution in [-0.4, -0.2) is 26.6 Å². The second-order valence-electron chi connectivity index (χ2n) is 7.98. The summed E-state index contributed by atoms with van der Waals surface area (Å²) in [6.07, 6.45) is 5.09. The van der Waals surface area contributed by atoms with Gasteiger partial charge < -0.3 is 10.3 Å². The number of rotatable bonds is 4. The molecule has 2 N–H and O–H groups in total. The molecule has 5 nitrogen and oxygen atoms in total. The Bertz CT molecular complexity index is 1300. The molecule has 1 aliphatic rings. The van der Waals surface area contributed by atoms with E-state index in [-0.39, 0.29) is 24.7 Å². The number of aromatic nitrogens is 3. The Morgan fingerprint density at radius 1 is 1.23 bits per heavy atom. The molecule has 0 aliphatic heterocycles. The molecule has 0 spiro atoms. The fraction of sp³-hybridized carbons (Fsp3) is 0.217. The monoisotopic (exact) mass is 440 g/mol. The molecule has 4 aromatic rings. The fourth-order valence-corrected chi connectivity index (χ4v) is 4.41. The number of anilines is 1. The van der Waals surface area contributed by atoms with E-state index in [2.05, 4.69) is 15.4 Å². The van der Waals surface area contributed by atoms with Crippen molar-refractivity contribution in [1.82, 2.24) is 14.8 Å². The van der Waals surface area contributed by atoms with Crippen LogP contribution in [0.1, 0.15) is 31.2 Å². The van der Waals surface area contributed by atoms with Gasteiger partial charge in [-0.1, -0.05) is 23.7 Å². The molecule has 31 heavy (non-hydrogen) atoms. The topological polar surface area (TPSA) is 62.7 Å². The summed E-state index contributed by atoms with van der Waals surface area (Å²) in [5.74, 6) is -2.91. The molecule has 1 saturated carbocycles. The highest BCUT2D eigenvalue weighted by Gasteiger charge is 2.46. The van der Waals surface area contributed by atoms with Crippen LogP contribution in [0.3, 0.4) is 0 Å². The summed E-state index contributed by atoms with van der Waals surface area (Å²) in [6, 6.07) is 11.3. The number of carbonyl (C=O) groups excluding carboxylic acids is 1. The lowest BCUT2D eigenvalue weighted by Gasteiger charge is -2.35. The normalized spacial score (nSPS) is 15.7. The average Bonchev–Trinajstić information content (AvgIpc) is 3.33. The van der Waals surface area contributed by atoms with E-state index in [9.17, 15) is 13.6 Å². The van der Waals surface area contributed by atoms with Gasteiger partial charge in [-0.05, 0) is 41.3 Å². The Morgan fingerprint density at radius 2 is 2.03 bits per heavy atom. The lowest BCUT2D eigenvalue weighted by atomic mass is 9.77. The minimum Gasteiger partial charge on any atom is -0.359 e. The van der Waals surface area contributed by atoms with Crippen molar-refractivity contribution < 1.29 is 13.6 Å². The van der Waals surface area contributed by atoms with Gasteiger partial charge in [0.25, 0.3) is 0 Å². The van der Waals surface area contributed by atoms with Crippen LogP contribution in [0.15, 0.2) is 55.0 Å². The summed E-state index contributed by atoms with van der Waals surface area (Å²) in [6.45, 7) is 1.47. The van der Waals surface area contributed by atoms with Crippen LogP contribution in [0, 0.1) is 0 Å². The molecule has 2 aromatic heterocycles. The van der Waals surface area contributed by atoms with Crippen molar-refractivity contribution in [2.45, 2.75) is 31.6 Å². The summed E-state index contributed by atoms with van der Waals surface area (Å²) in [5, 5.41) is 8.64. The molecule has 0 unspecified atom stereocenters. The van der Waals surface area contributed by atoms with Crippen molar-refractivity contribution in [2.75, 3.05) is 5.32 Å². The number of nitrogens with one attached hydrogen (secondary N) is 2. The number of hydrogen-bond donors (Lipinski definition) is 2. The molecule has 0 radical (unpaired) electrons. The Balaban J connectivity index is 1.42. The predicted octanol–water partition coefficient (Wildman–Crippen LogP) is 6.15. The average molecular weight is 441 g/mol. The van der Waals surface area contributed by atoms with Gasteiger partial charge in [0.1, 0.15) is 0 Å². The van der Waals surface area contributed by atoms with Crippen molar-refractivity contribution in [3.8, 4) is 16.8 Å². The number of amides is 1. The molecule has 1 amide bonds. The number of benzene rings is 2. The number of aromatic amines is 1. The van der Waals surface area contributed by atoms with Crippen molar-refractivity contribution in [3.05, 3.63) is 65.6 Å². The van der Waals surface area contributed by atoms with Crippen molar-refractivity contribution >= 4 is 34.1 Å². The molecule has 2 aromatic carbocycles. The Labute approximate surface area is 182 Å². The first-order valence-electron chi connectivity index (χ1n) is 9.90. The molecule has 0 atom stereocenters. The maximum absolute atomic E-state index is 13.2. The number of fused-ring (bicyclic) bond motifs is 1. The minimum absolute atomic E-state index is 0.134. The third-order valence-corrected chi connectivity index (χ3v) is 6.01. The van der Waals surface area contributed by atoms with E-state index >= 15 is 0 Å². The van der Waals surface area contributed by atoms with Crippen LogP contribution >= 0.6 is 11.6 Å². The van der Waals surface area contributed by atoms with Crippen LogP contribution < -0.4 is 5.32 Å². The smallest absolute Gasteiger partial charge is 0.249 e. The number of carbonyl (C=O) groups is 1. The summed E-state index contributed by atoms with van der Waals surface area (Å²) in [5.41, 5.74) is 5.00. The van der Waals surface area contributed by atoms with Gasteiger partial charge in [0.2, 0.25) is 11.8 Å². The van der Waals surface area contributed by atoms with Crippen LogP contribution in [-0.2, 0) is 4.79 Å². The van der Waals surface area contributed by atoms with E-state index in [1.807, 2.05) is 36.5 Å². The zero-order valence-electron chi connectivity index (χ0n) is 16.6. The highest BCUT2D eigenvalue weighted by molar-refractivity contribution is 6.31. The van der Waals surface area contributed by atoms with Crippen LogP contribution in [0.2, 0.25) is 5.02 Å². The van der Waals surface area contributed by atoms with E-state index in [0.29, 0.717) is 5.02 Å². The van der Waals surface area contributed by atoms with Gasteiger partial charge >= 0.3 is 0 Å². The first-order valence-corrected chi connectivity index (χ1v) is 10.3. The zero-order chi connectivity index (χ0) is 21.8. The van der Waals surface area contributed by atoms with E-state index in [1.54, 1.807) is 23.1 Å². The van der Waals surface area contributed by atoms with Gasteiger partial charge in [-0.25, -0.2) is 13.5 Å². The van der Waals surface area contributed by atoms with Gasteiger partial charge in [-0.3, -0.25) is 4.79 Å². The molecular weight excluding hydrogens is 422 g/mol. The molecule has 2 heterocycles. The van der Waals surface area contributed by atoms with Gasteiger partial charge in [0.05, 0.1) is 17.6 Å². The minimum atomic E-state index is -2.58. The lowest BCUT2D eigenvalue weighted by Crippen LogP contribution is -2.33. The molecule has 8 heteroatoms. The van der Waals surface area contributed by atoms with Gasteiger partial charge in [0, 0.05) is 53.6 Å². The molecule has 1 aliphatic carbocycles. The highest BCUT2D eigenvalue weighted by atomic mass is 35.5. The SMILES string of the molecule is CC(=O)Nc1c[nH]c2ccc(-c3cnn(-c4ccc(C5CC(F)(F)C5)c(Cl)c4)c3)cc12. The standard InChI is InChI=1S/C23H19ClF2N4O/c1-13(31)29-22-11-27-21-5-2-14(6-19(21)22)16-10-28-30(12-16)17-3-4-18(20(24)7-17)15-8-23(25,26)9-15/h2-7,10-12,15,27H,8-9H2,1H3,(H,29,31). The van der Waals surface area contributed by atoms with Gasteiger partial charge in [0.15, 0.2) is 0 Å². The zero-order valence-corrected chi connectivity index (χ0v) is 17.4. The second kappa shape index (κ2) is 7.20. The summed E-state index contributed by atoms with van der Waals surface area (Å²) < 4.78 is 28.1. The number of hydrogen-bond acceptors (Lipinski definition) is 2. The summed E-state index contributed by atoms with van der Waals surface area (Å²) in [4.78, 5) is 14.6. The number of H-pyrrole nitrogens is 1. The Hall–Kier alpha value is -3.19. The molecule has 0 saturated heterocycles. The molecule has 1 fully saturated rings. The Kier molecular flexibility index (Phi) is 4.59. The van der Waals surface area contributed by atoms with E-state index < -0.39 is 5.92 Å². The van der Waals surface area contributed by atoms with E-state index in [4.69, 9.17) is 11.6 Å². The molecular formula is C23H19ClF2N4O. The summed E-state index contributed by atoms with van der Waals surface area (Å²) in [7, 11) is 0. The largest absolute Gasteiger partial charge is 0.359 e. The summed E-state index contributed by atoms with van der Waals surface area (Å²) >= 11 is 6.39. The van der Waals surface area contributed by atoms with Gasteiger partial charge in [-0.2, -0.15) is 5.10 Å². The molecule has 0 bridgehead atoms. The maximum atomic E-state index is 13.2. The third kappa shape index (κ3) is 3.70.